The Kier molecular flexibility index (Phi) is 5.26. The summed E-state index contributed by atoms with van der Waals surface area (Å²) in [7, 11) is 0.965. The Labute approximate surface area is 118 Å². The number of pyridine rings is 1. The fraction of sp³-hybridized carbons (Fsp3) is 0.400. The van der Waals surface area contributed by atoms with Crippen molar-refractivity contribution in [3.05, 3.63) is 22.9 Å². The predicted octanol–water partition coefficient (Wildman–Crippen LogP) is 3.60. The summed E-state index contributed by atoms with van der Waals surface area (Å²) in [4.78, 5) is 14.5. The van der Waals surface area contributed by atoms with Crippen LogP contribution in [0.15, 0.2) is 6.07 Å². The van der Waals surface area contributed by atoms with Crippen molar-refractivity contribution in [2.75, 3.05) is 7.11 Å². The Bertz CT molecular complexity index is 506. The van der Waals surface area contributed by atoms with Crippen LogP contribution in [-0.4, -0.2) is 24.4 Å². The summed E-state index contributed by atoms with van der Waals surface area (Å²) in [6, 6.07) is 0.663. The van der Waals surface area contributed by atoms with Crippen molar-refractivity contribution in [1.82, 2.24) is 4.98 Å². The van der Waals surface area contributed by atoms with Gasteiger partial charge in [0.1, 0.15) is 5.69 Å². The molecule has 0 aliphatic heterocycles. The van der Waals surface area contributed by atoms with Crippen LogP contribution < -0.4 is 4.74 Å². The molecule has 20 heavy (non-hydrogen) atoms. The average Bonchev–Trinajstić information content (AvgIpc) is 2.34. The highest BCUT2D eigenvalue weighted by Gasteiger charge is 2.34. The van der Waals surface area contributed by atoms with Gasteiger partial charge >= 0.3 is 12.3 Å². The molecule has 0 saturated carbocycles. The van der Waals surface area contributed by atoms with E-state index in [4.69, 9.17) is 0 Å². The van der Waals surface area contributed by atoms with Crippen molar-refractivity contribution in [2.24, 2.45) is 0 Å². The van der Waals surface area contributed by atoms with E-state index in [1.165, 1.54) is 0 Å². The third-order valence-electron chi connectivity index (χ3n) is 2.08. The summed E-state index contributed by atoms with van der Waals surface area (Å²) in [5.41, 5.74) is -1.83. The topological polar surface area (TPSA) is 48.4 Å². The van der Waals surface area contributed by atoms with Gasteiger partial charge in [0, 0.05) is 10.9 Å². The Hall–Kier alpha value is -1.45. The van der Waals surface area contributed by atoms with Crippen LogP contribution in [0.5, 0.6) is 5.88 Å². The zero-order valence-corrected chi connectivity index (χ0v) is 11.4. The monoisotopic (exact) mass is 363 g/mol. The first-order valence-corrected chi connectivity index (χ1v) is 6.03. The molecule has 1 rings (SSSR count). The molecule has 0 spiro atoms. The van der Waals surface area contributed by atoms with E-state index in [0.29, 0.717) is 6.07 Å². The SMILES string of the molecule is COC(=O)c1cc(C(F)F)nc(OC(F)(F)F)c1CBr. The third-order valence-corrected chi connectivity index (χ3v) is 2.64. The van der Waals surface area contributed by atoms with Gasteiger partial charge in [0.2, 0.25) is 5.88 Å². The smallest absolute Gasteiger partial charge is 0.465 e. The predicted molar refractivity (Wildman–Crippen MR) is 59.8 cm³/mol. The number of ether oxygens (including phenoxy) is 2. The Morgan fingerprint density at radius 3 is 2.45 bits per heavy atom. The van der Waals surface area contributed by atoms with Crippen LogP contribution in [0.1, 0.15) is 28.0 Å². The number of rotatable bonds is 4. The quantitative estimate of drug-likeness (QED) is 0.466. The molecule has 0 aromatic carbocycles. The fourth-order valence-corrected chi connectivity index (χ4v) is 1.84. The van der Waals surface area contributed by atoms with Crippen LogP contribution in [-0.2, 0) is 10.1 Å². The van der Waals surface area contributed by atoms with E-state index in [1.807, 2.05) is 0 Å². The fourth-order valence-electron chi connectivity index (χ4n) is 1.29. The van der Waals surface area contributed by atoms with E-state index in [1.54, 1.807) is 0 Å². The molecule has 10 heteroatoms. The second kappa shape index (κ2) is 6.33. The number of carbonyl (C=O) groups is 1. The minimum absolute atomic E-state index is 0.265. The van der Waals surface area contributed by atoms with Crippen molar-refractivity contribution >= 4 is 21.9 Å². The number of carbonyl (C=O) groups excluding carboxylic acids is 1. The lowest BCUT2D eigenvalue weighted by Gasteiger charge is -2.15. The number of methoxy groups -OCH3 is 1. The molecule has 0 unspecified atom stereocenters. The summed E-state index contributed by atoms with van der Waals surface area (Å²) in [6.07, 6.45) is -8.30. The molecule has 0 N–H and O–H groups in total. The molecule has 1 aromatic heterocycles. The van der Waals surface area contributed by atoms with Crippen LogP contribution in [0.25, 0.3) is 0 Å². The molecule has 0 radical (unpaired) electrons. The summed E-state index contributed by atoms with van der Waals surface area (Å²) in [5.74, 6) is -2.19. The highest BCUT2D eigenvalue weighted by Crippen LogP contribution is 2.32. The van der Waals surface area contributed by atoms with Gasteiger partial charge < -0.3 is 9.47 Å². The van der Waals surface area contributed by atoms with Crippen molar-refractivity contribution < 1.29 is 36.2 Å². The number of alkyl halides is 6. The molecule has 0 amide bonds. The van der Waals surface area contributed by atoms with Gasteiger partial charge in [0.15, 0.2) is 0 Å². The van der Waals surface area contributed by atoms with E-state index in [0.717, 1.165) is 7.11 Å². The maximum absolute atomic E-state index is 12.6. The van der Waals surface area contributed by atoms with Crippen LogP contribution in [0, 0.1) is 0 Å². The summed E-state index contributed by atoms with van der Waals surface area (Å²) in [5, 5.41) is -0.265. The molecular weight excluding hydrogens is 357 g/mol. The third kappa shape index (κ3) is 4.02. The Morgan fingerprint density at radius 2 is 2.05 bits per heavy atom. The van der Waals surface area contributed by atoms with E-state index >= 15 is 0 Å². The minimum atomic E-state index is -5.13. The first kappa shape index (κ1) is 16.6. The van der Waals surface area contributed by atoms with Crippen molar-refractivity contribution in [3.63, 3.8) is 0 Å². The molecule has 1 heterocycles. The normalized spacial score (nSPS) is 11.6. The highest BCUT2D eigenvalue weighted by atomic mass is 79.9. The highest BCUT2D eigenvalue weighted by molar-refractivity contribution is 9.08. The molecule has 0 bridgehead atoms. The van der Waals surface area contributed by atoms with Crippen LogP contribution in [0.2, 0.25) is 0 Å². The van der Waals surface area contributed by atoms with Gasteiger partial charge in [-0.15, -0.1) is 13.2 Å². The van der Waals surface area contributed by atoms with Gasteiger partial charge in [-0.1, -0.05) is 15.9 Å². The molecule has 1 aromatic rings. The van der Waals surface area contributed by atoms with E-state index in [-0.39, 0.29) is 10.9 Å². The van der Waals surface area contributed by atoms with Gasteiger partial charge in [0.05, 0.1) is 12.7 Å². The number of aromatic nitrogens is 1. The second-order valence-corrected chi connectivity index (χ2v) is 3.91. The number of esters is 1. The average molecular weight is 364 g/mol. The van der Waals surface area contributed by atoms with Gasteiger partial charge in [-0.05, 0) is 6.07 Å². The summed E-state index contributed by atoms with van der Waals surface area (Å²) in [6.45, 7) is 0. The van der Waals surface area contributed by atoms with Gasteiger partial charge in [0.25, 0.3) is 6.43 Å². The lowest BCUT2D eigenvalue weighted by atomic mass is 10.1. The largest absolute Gasteiger partial charge is 0.574 e. The van der Waals surface area contributed by atoms with Crippen molar-refractivity contribution in [2.45, 2.75) is 18.1 Å². The minimum Gasteiger partial charge on any atom is -0.465 e. The molecule has 0 saturated heterocycles. The number of nitrogens with zero attached hydrogens (tertiary/aromatic N) is 1. The van der Waals surface area contributed by atoms with Gasteiger partial charge in [-0.3, -0.25) is 0 Å². The second-order valence-electron chi connectivity index (χ2n) is 3.35. The Balaban J connectivity index is 3.46. The van der Waals surface area contributed by atoms with Gasteiger partial charge in [-0.2, -0.15) is 0 Å². The number of hydrogen-bond acceptors (Lipinski definition) is 4. The first-order valence-electron chi connectivity index (χ1n) is 4.91. The summed E-state index contributed by atoms with van der Waals surface area (Å²) >= 11 is 2.84. The number of halogens is 6. The lowest BCUT2D eigenvalue weighted by molar-refractivity contribution is -0.276. The van der Waals surface area contributed by atoms with Gasteiger partial charge in [-0.25, -0.2) is 18.6 Å². The maximum Gasteiger partial charge on any atom is 0.574 e. The lowest BCUT2D eigenvalue weighted by Crippen LogP contribution is -2.21. The van der Waals surface area contributed by atoms with Crippen LogP contribution >= 0.6 is 15.9 Å². The number of hydrogen-bond donors (Lipinski definition) is 0. The van der Waals surface area contributed by atoms with Crippen LogP contribution in [0.3, 0.4) is 0 Å². The molecule has 4 nitrogen and oxygen atoms in total. The molecule has 0 atom stereocenters. The van der Waals surface area contributed by atoms with Crippen molar-refractivity contribution in [3.8, 4) is 5.88 Å². The zero-order chi connectivity index (χ0) is 15.5. The molecule has 0 fully saturated rings. The molecule has 112 valence electrons. The molecular formula is C10H7BrF5NO3. The van der Waals surface area contributed by atoms with Crippen molar-refractivity contribution in [1.29, 1.82) is 0 Å². The zero-order valence-electron chi connectivity index (χ0n) is 9.80. The maximum atomic E-state index is 12.6. The van der Waals surface area contributed by atoms with E-state index in [2.05, 4.69) is 30.4 Å². The van der Waals surface area contributed by atoms with E-state index in [9.17, 15) is 26.7 Å². The molecule has 0 aliphatic rings. The Morgan fingerprint density at radius 1 is 1.45 bits per heavy atom. The summed E-state index contributed by atoms with van der Waals surface area (Å²) < 4.78 is 69.8. The molecule has 0 aliphatic carbocycles. The van der Waals surface area contributed by atoms with Crippen LogP contribution in [0.4, 0.5) is 22.0 Å². The first-order chi connectivity index (χ1) is 9.19. The standard InChI is InChI=1S/C10H7BrF5NO3/c1-19-9(18)4-2-6(7(12)13)17-8(5(4)3-11)20-10(14,15)16/h2,7H,3H2,1H3. The van der Waals surface area contributed by atoms with E-state index < -0.39 is 35.9 Å².